The van der Waals surface area contributed by atoms with E-state index >= 15 is 0 Å². The van der Waals surface area contributed by atoms with Crippen LogP contribution in [-0.2, 0) is 5.41 Å². The van der Waals surface area contributed by atoms with Crippen molar-refractivity contribution in [1.29, 1.82) is 0 Å². The standard InChI is InChI=1S/C18H26N2O2/c1-22-16-9-7-14(8-10-16)18(11-12-18)13-19-17(21)20-15-5-3-2-4-6-15/h7-10,15H,2-6,11-13H2,1H3,(H2,19,20,21). The average molecular weight is 302 g/mol. The van der Waals surface area contributed by atoms with E-state index < -0.39 is 0 Å². The molecule has 4 heteroatoms. The summed E-state index contributed by atoms with van der Waals surface area (Å²) in [6.45, 7) is 0.720. The van der Waals surface area contributed by atoms with Gasteiger partial charge in [-0.3, -0.25) is 0 Å². The normalized spacial score (nSPS) is 20.2. The molecule has 2 aliphatic carbocycles. The van der Waals surface area contributed by atoms with Crippen molar-refractivity contribution in [1.82, 2.24) is 10.6 Å². The zero-order chi connectivity index (χ0) is 15.4. The van der Waals surface area contributed by atoms with Crippen LogP contribution in [0.25, 0.3) is 0 Å². The highest BCUT2D eigenvalue weighted by atomic mass is 16.5. The van der Waals surface area contributed by atoms with Crippen LogP contribution in [0.15, 0.2) is 24.3 Å². The molecule has 0 heterocycles. The molecule has 1 aromatic rings. The van der Waals surface area contributed by atoms with Crippen LogP contribution in [0.1, 0.15) is 50.5 Å². The molecule has 120 valence electrons. The largest absolute Gasteiger partial charge is 0.497 e. The molecule has 2 fully saturated rings. The van der Waals surface area contributed by atoms with Crippen molar-refractivity contribution < 1.29 is 9.53 Å². The number of carbonyl (C=O) groups excluding carboxylic acids is 1. The van der Waals surface area contributed by atoms with Crippen molar-refractivity contribution in [3.63, 3.8) is 0 Å². The van der Waals surface area contributed by atoms with E-state index in [1.807, 2.05) is 12.1 Å². The molecule has 0 radical (unpaired) electrons. The Hall–Kier alpha value is -1.71. The third kappa shape index (κ3) is 3.54. The second kappa shape index (κ2) is 6.59. The van der Waals surface area contributed by atoms with E-state index in [1.165, 1.54) is 24.8 Å². The van der Waals surface area contributed by atoms with Gasteiger partial charge in [0.05, 0.1) is 7.11 Å². The number of ether oxygens (including phenoxy) is 1. The first-order chi connectivity index (χ1) is 10.7. The minimum absolute atomic E-state index is 0.00770. The van der Waals surface area contributed by atoms with Gasteiger partial charge in [-0.1, -0.05) is 31.4 Å². The van der Waals surface area contributed by atoms with Gasteiger partial charge < -0.3 is 15.4 Å². The van der Waals surface area contributed by atoms with E-state index in [1.54, 1.807) is 7.11 Å². The average Bonchev–Trinajstić information content (AvgIpc) is 3.35. The Morgan fingerprint density at radius 2 is 1.86 bits per heavy atom. The topological polar surface area (TPSA) is 50.4 Å². The number of hydrogen-bond donors (Lipinski definition) is 2. The lowest BCUT2D eigenvalue weighted by atomic mass is 9.95. The zero-order valence-corrected chi connectivity index (χ0v) is 13.4. The summed E-state index contributed by atoms with van der Waals surface area (Å²) in [5.74, 6) is 0.877. The highest BCUT2D eigenvalue weighted by Gasteiger charge is 2.44. The van der Waals surface area contributed by atoms with Crippen molar-refractivity contribution in [2.75, 3.05) is 13.7 Å². The highest BCUT2D eigenvalue weighted by molar-refractivity contribution is 5.74. The summed E-state index contributed by atoms with van der Waals surface area (Å²) in [7, 11) is 1.68. The number of methoxy groups -OCH3 is 1. The summed E-state index contributed by atoms with van der Waals surface area (Å²) in [6, 6.07) is 8.59. The monoisotopic (exact) mass is 302 g/mol. The molecule has 4 nitrogen and oxygen atoms in total. The van der Waals surface area contributed by atoms with Crippen LogP contribution in [0, 0.1) is 0 Å². The summed E-state index contributed by atoms with van der Waals surface area (Å²) in [5.41, 5.74) is 1.43. The Morgan fingerprint density at radius 3 is 2.45 bits per heavy atom. The number of amides is 2. The number of carbonyl (C=O) groups is 1. The lowest BCUT2D eigenvalue weighted by Crippen LogP contribution is -2.45. The highest BCUT2D eigenvalue weighted by Crippen LogP contribution is 2.47. The second-order valence-corrected chi connectivity index (χ2v) is 6.67. The van der Waals surface area contributed by atoms with Gasteiger partial charge in [0.1, 0.15) is 5.75 Å². The van der Waals surface area contributed by atoms with Crippen LogP contribution in [0.2, 0.25) is 0 Å². The van der Waals surface area contributed by atoms with Gasteiger partial charge in [0.15, 0.2) is 0 Å². The molecule has 1 aromatic carbocycles. The summed E-state index contributed by atoms with van der Waals surface area (Å²) in [5, 5.41) is 6.20. The molecule has 2 aliphatic rings. The summed E-state index contributed by atoms with van der Waals surface area (Å²) in [4.78, 5) is 12.1. The van der Waals surface area contributed by atoms with E-state index in [0.717, 1.165) is 38.0 Å². The van der Waals surface area contributed by atoms with Gasteiger partial charge >= 0.3 is 6.03 Å². The Balaban J connectivity index is 1.50. The van der Waals surface area contributed by atoms with Gasteiger partial charge in [-0.25, -0.2) is 4.79 Å². The molecular formula is C18H26N2O2. The minimum atomic E-state index is -0.00770. The first-order valence-electron chi connectivity index (χ1n) is 8.41. The number of benzene rings is 1. The predicted octanol–water partition coefficient (Wildman–Crippen LogP) is 3.36. The Morgan fingerprint density at radius 1 is 1.18 bits per heavy atom. The van der Waals surface area contributed by atoms with Crippen molar-refractivity contribution in [3.05, 3.63) is 29.8 Å². The third-order valence-electron chi connectivity index (χ3n) is 5.08. The maximum absolute atomic E-state index is 12.1. The fourth-order valence-corrected chi connectivity index (χ4v) is 3.40. The SMILES string of the molecule is COc1ccc(C2(CNC(=O)NC3CCCCC3)CC2)cc1. The molecule has 0 aliphatic heterocycles. The van der Waals surface area contributed by atoms with Crippen LogP contribution in [0.4, 0.5) is 4.79 Å². The molecule has 2 N–H and O–H groups in total. The van der Waals surface area contributed by atoms with E-state index in [0.29, 0.717) is 6.04 Å². The van der Waals surface area contributed by atoms with Gasteiger partial charge in [0.2, 0.25) is 0 Å². The van der Waals surface area contributed by atoms with E-state index in [4.69, 9.17) is 4.74 Å². The quantitative estimate of drug-likeness (QED) is 0.876. The Kier molecular flexibility index (Phi) is 4.55. The predicted molar refractivity (Wildman–Crippen MR) is 87.3 cm³/mol. The molecule has 0 unspecified atom stereocenters. The van der Waals surface area contributed by atoms with E-state index in [2.05, 4.69) is 22.8 Å². The van der Waals surface area contributed by atoms with Crippen LogP contribution < -0.4 is 15.4 Å². The molecule has 0 bridgehead atoms. The van der Waals surface area contributed by atoms with Crippen molar-refractivity contribution in [3.8, 4) is 5.75 Å². The first-order valence-corrected chi connectivity index (χ1v) is 8.41. The van der Waals surface area contributed by atoms with Crippen LogP contribution in [0.3, 0.4) is 0 Å². The molecule has 22 heavy (non-hydrogen) atoms. The number of hydrogen-bond acceptors (Lipinski definition) is 2. The second-order valence-electron chi connectivity index (χ2n) is 6.67. The number of rotatable bonds is 5. The van der Waals surface area contributed by atoms with E-state index in [-0.39, 0.29) is 11.4 Å². The van der Waals surface area contributed by atoms with Crippen molar-refractivity contribution in [2.45, 2.75) is 56.4 Å². The third-order valence-corrected chi connectivity index (χ3v) is 5.08. The molecule has 0 spiro atoms. The maximum Gasteiger partial charge on any atom is 0.315 e. The molecule has 2 amide bonds. The molecule has 0 aromatic heterocycles. The molecule has 3 rings (SSSR count). The lowest BCUT2D eigenvalue weighted by Gasteiger charge is -2.24. The molecule has 2 saturated carbocycles. The fraction of sp³-hybridized carbons (Fsp3) is 0.611. The molecule has 0 atom stereocenters. The molecular weight excluding hydrogens is 276 g/mol. The smallest absolute Gasteiger partial charge is 0.315 e. The first kappa shape index (κ1) is 15.2. The Bertz CT molecular complexity index is 502. The summed E-state index contributed by atoms with van der Waals surface area (Å²) in [6.07, 6.45) is 8.31. The van der Waals surface area contributed by atoms with E-state index in [9.17, 15) is 4.79 Å². The van der Waals surface area contributed by atoms with Gasteiger partial charge in [0, 0.05) is 18.0 Å². The maximum atomic E-state index is 12.1. The van der Waals surface area contributed by atoms with Crippen LogP contribution >= 0.6 is 0 Å². The lowest BCUT2D eigenvalue weighted by molar-refractivity contribution is 0.231. The van der Waals surface area contributed by atoms with Gasteiger partial charge in [-0.05, 0) is 43.4 Å². The number of urea groups is 1. The van der Waals surface area contributed by atoms with Gasteiger partial charge in [-0.2, -0.15) is 0 Å². The van der Waals surface area contributed by atoms with Crippen LogP contribution in [0.5, 0.6) is 5.75 Å². The summed E-state index contributed by atoms with van der Waals surface area (Å²) < 4.78 is 5.21. The minimum Gasteiger partial charge on any atom is -0.497 e. The fourth-order valence-electron chi connectivity index (χ4n) is 3.40. The van der Waals surface area contributed by atoms with Gasteiger partial charge in [0.25, 0.3) is 0 Å². The number of nitrogens with one attached hydrogen (secondary N) is 2. The van der Waals surface area contributed by atoms with Crippen LogP contribution in [-0.4, -0.2) is 25.7 Å². The summed E-state index contributed by atoms with van der Waals surface area (Å²) >= 11 is 0. The zero-order valence-electron chi connectivity index (χ0n) is 13.4. The van der Waals surface area contributed by atoms with Crippen molar-refractivity contribution in [2.24, 2.45) is 0 Å². The Labute approximate surface area is 132 Å². The molecule has 0 saturated heterocycles. The van der Waals surface area contributed by atoms with Crippen molar-refractivity contribution >= 4 is 6.03 Å². The van der Waals surface area contributed by atoms with Gasteiger partial charge in [-0.15, -0.1) is 0 Å².